The van der Waals surface area contributed by atoms with Crippen LogP contribution in [0.2, 0.25) is 0 Å². The zero-order valence-corrected chi connectivity index (χ0v) is 18.4. The standard InChI is InChI=1S/C25H46/c1-9-23(22-14-18(4)15-22)24(19(5)17(2)3)21-12-10-20(11-13-21)16-25(6,7)8/h17-18,20-24H,5,9-16H2,1-4,6-8H3. The minimum atomic E-state index is 0.493. The topological polar surface area (TPSA) is 0 Å². The summed E-state index contributed by atoms with van der Waals surface area (Å²) in [7, 11) is 0. The molecular weight excluding hydrogens is 300 g/mol. The van der Waals surface area contributed by atoms with Crippen LogP contribution in [0.5, 0.6) is 0 Å². The van der Waals surface area contributed by atoms with Gasteiger partial charge in [0.25, 0.3) is 0 Å². The molecule has 0 radical (unpaired) electrons. The molecule has 0 bridgehead atoms. The van der Waals surface area contributed by atoms with Gasteiger partial charge in [-0.05, 0) is 78.9 Å². The maximum atomic E-state index is 4.64. The fourth-order valence-corrected chi connectivity index (χ4v) is 6.12. The molecule has 146 valence electrons. The Morgan fingerprint density at radius 1 is 1.00 bits per heavy atom. The third-order valence-electron chi connectivity index (χ3n) is 7.42. The van der Waals surface area contributed by atoms with Crippen molar-refractivity contribution in [1.82, 2.24) is 0 Å². The molecule has 25 heavy (non-hydrogen) atoms. The Labute approximate surface area is 159 Å². The summed E-state index contributed by atoms with van der Waals surface area (Å²) in [4.78, 5) is 0. The van der Waals surface area contributed by atoms with Crippen LogP contribution in [-0.4, -0.2) is 0 Å². The molecule has 0 amide bonds. The first-order valence-electron chi connectivity index (χ1n) is 11.3. The second-order valence-electron chi connectivity index (χ2n) is 11.2. The molecule has 0 nitrogen and oxygen atoms in total. The summed E-state index contributed by atoms with van der Waals surface area (Å²) < 4.78 is 0. The average molecular weight is 347 g/mol. The molecule has 0 saturated heterocycles. The predicted molar refractivity (Wildman–Crippen MR) is 113 cm³/mol. The molecule has 0 heterocycles. The van der Waals surface area contributed by atoms with Crippen molar-refractivity contribution >= 4 is 0 Å². The van der Waals surface area contributed by atoms with Crippen molar-refractivity contribution in [2.75, 3.05) is 0 Å². The van der Waals surface area contributed by atoms with E-state index in [2.05, 4.69) is 55.0 Å². The molecule has 0 spiro atoms. The van der Waals surface area contributed by atoms with Crippen molar-refractivity contribution in [1.29, 1.82) is 0 Å². The van der Waals surface area contributed by atoms with E-state index < -0.39 is 0 Å². The number of allylic oxidation sites excluding steroid dienone is 1. The monoisotopic (exact) mass is 346 g/mol. The van der Waals surface area contributed by atoms with Crippen LogP contribution < -0.4 is 0 Å². The Kier molecular flexibility index (Phi) is 7.26. The Morgan fingerprint density at radius 2 is 1.56 bits per heavy atom. The predicted octanol–water partition coefficient (Wildman–Crippen LogP) is 8.13. The van der Waals surface area contributed by atoms with Gasteiger partial charge in [-0.3, -0.25) is 0 Å². The smallest absolute Gasteiger partial charge is 0.0144 e. The second kappa shape index (κ2) is 8.62. The third-order valence-corrected chi connectivity index (χ3v) is 7.42. The van der Waals surface area contributed by atoms with Gasteiger partial charge in [0.05, 0.1) is 0 Å². The minimum Gasteiger partial charge on any atom is -0.0993 e. The Balaban J connectivity index is 2.05. The lowest BCUT2D eigenvalue weighted by molar-refractivity contribution is 0.0578. The maximum absolute atomic E-state index is 4.64. The summed E-state index contributed by atoms with van der Waals surface area (Å²) in [6, 6.07) is 0. The molecule has 0 aromatic heterocycles. The third kappa shape index (κ3) is 5.61. The summed E-state index contributed by atoms with van der Waals surface area (Å²) in [6.07, 6.45) is 11.5. The Bertz CT molecular complexity index is 410. The molecule has 2 atom stereocenters. The summed E-state index contributed by atoms with van der Waals surface area (Å²) in [5, 5.41) is 0. The van der Waals surface area contributed by atoms with Crippen LogP contribution >= 0.6 is 0 Å². The van der Waals surface area contributed by atoms with Crippen molar-refractivity contribution in [3.8, 4) is 0 Å². The molecule has 2 fully saturated rings. The van der Waals surface area contributed by atoms with E-state index in [0.29, 0.717) is 11.3 Å². The normalized spacial score (nSPS) is 33.0. The van der Waals surface area contributed by atoms with E-state index in [-0.39, 0.29) is 0 Å². The molecule has 2 aliphatic carbocycles. The highest BCUT2D eigenvalue weighted by Crippen LogP contribution is 2.51. The molecule has 0 aromatic rings. The fourth-order valence-electron chi connectivity index (χ4n) is 6.12. The van der Waals surface area contributed by atoms with E-state index in [1.807, 2.05) is 0 Å². The van der Waals surface area contributed by atoms with Crippen molar-refractivity contribution in [3.05, 3.63) is 12.2 Å². The SMILES string of the molecule is C=C(C(C)C)C(C1CCC(CC(C)(C)C)CC1)C(CC)C1CC(C)C1. The molecule has 0 aliphatic heterocycles. The average Bonchev–Trinajstić information content (AvgIpc) is 2.49. The summed E-state index contributed by atoms with van der Waals surface area (Å²) in [6.45, 7) is 21.5. The molecule has 0 N–H and O–H groups in total. The van der Waals surface area contributed by atoms with Gasteiger partial charge in [-0.1, -0.05) is 79.9 Å². The van der Waals surface area contributed by atoms with E-state index in [9.17, 15) is 0 Å². The highest BCUT2D eigenvalue weighted by molar-refractivity contribution is 5.10. The van der Waals surface area contributed by atoms with Gasteiger partial charge in [0.15, 0.2) is 0 Å². The van der Waals surface area contributed by atoms with Crippen LogP contribution in [0, 0.1) is 46.8 Å². The van der Waals surface area contributed by atoms with Gasteiger partial charge >= 0.3 is 0 Å². The summed E-state index contributed by atoms with van der Waals surface area (Å²) >= 11 is 0. The molecule has 0 aromatic carbocycles. The van der Waals surface area contributed by atoms with Crippen LogP contribution in [0.3, 0.4) is 0 Å². The van der Waals surface area contributed by atoms with Crippen LogP contribution in [0.4, 0.5) is 0 Å². The van der Waals surface area contributed by atoms with Crippen LogP contribution in [0.1, 0.15) is 99.8 Å². The minimum absolute atomic E-state index is 0.493. The lowest BCUT2D eigenvalue weighted by Crippen LogP contribution is -2.38. The number of rotatable bonds is 7. The van der Waals surface area contributed by atoms with Crippen molar-refractivity contribution in [2.24, 2.45) is 46.8 Å². The molecule has 0 heteroatoms. The Morgan fingerprint density at radius 3 is 1.96 bits per heavy atom. The summed E-state index contributed by atoms with van der Waals surface area (Å²) in [5.74, 6) is 6.15. The number of hydrogen-bond acceptors (Lipinski definition) is 0. The molecular formula is C25H46. The van der Waals surface area contributed by atoms with E-state index in [0.717, 1.165) is 35.5 Å². The van der Waals surface area contributed by atoms with Crippen LogP contribution in [0.15, 0.2) is 12.2 Å². The zero-order valence-electron chi connectivity index (χ0n) is 18.4. The number of hydrogen-bond donors (Lipinski definition) is 0. The van der Waals surface area contributed by atoms with Crippen LogP contribution in [-0.2, 0) is 0 Å². The lowest BCUT2D eigenvalue weighted by atomic mass is 9.58. The largest absolute Gasteiger partial charge is 0.0993 e. The van der Waals surface area contributed by atoms with Gasteiger partial charge in [0.2, 0.25) is 0 Å². The maximum Gasteiger partial charge on any atom is -0.0144 e. The van der Waals surface area contributed by atoms with Gasteiger partial charge < -0.3 is 0 Å². The van der Waals surface area contributed by atoms with Crippen molar-refractivity contribution < 1.29 is 0 Å². The zero-order chi connectivity index (χ0) is 18.8. The second-order valence-corrected chi connectivity index (χ2v) is 11.2. The van der Waals surface area contributed by atoms with Gasteiger partial charge in [-0.25, -0.2) is 0 Å². The lowest BCUT2D eigenvalue weighted by Gasteiger charge is -2.47. The molecule has 2 unspecified atom stereocenters. The van der Waals surface area contributed by atoms with Crippen molar-refractivity contribution in [3.63, 3.8) is 0 Å². The molecule has 2 aliphatic rings. The molecule has 2 rings (SSSR count). The summed E-state index contributed by atoms with van der Waals surface area (Å²) in [5.41, 5.74) is 2.07. The first kappa shape index (κ1) is 21.0. The van der Waals surface area contributed by atoms with E-state index in [1.165, 1.54) is 51.4 Å². The highest BCUT2D eigenvalue weighted by atomic mass is 14.5. The van der Waals surface area contributed by atoms with Gasteiger partial charge in [0, 0.05) is 0 Å². The van der Waals surface area contributed by atoms with E-state index in [4.69, 9.17) is 0 Å². The van der Waals surface area contributed by atoms with Gasteiger partial charge in [-0.2, -0.15) is 0 Å². The van der Waals surface area contributed by atoms with Gasteiger partial charge in [0.1, 0.15) is 0 Å². The first-order chi connectivity index (χ1) is 11.6. The Hall–Kier alpha value is -0.260. The fraction of sp³-hybridized carbons (Fsp3) is 0.920. The molecule has 2 saturated carbocycles. The quantitative estimate of drug-likeness (QED) is 0.408. The van der Waals surface area contributed by atoms with E-state index >= 15 is 0 Å². The van der Waals surface area contributed by atoms with Crippen molar-refractivity contribution in [2.45, 2.75) is 99.8 Å². The van der Waals surface area contributed by atoms with Gasteiger partial charge in [-0.15, -0.1) is 0 Å². The van der Waals surface area contributed by atoms with E-state index in [1.54, 1.807) is 5.57 Å². The highest BCUT2D eigenvalue weighted by Gasteiger charge is 2.41. The van der Waals surface area contributed by atoms with Crippen LogP contribution in [0.25, 0.3) is 0 Å². The first-order valence-corrected chi connectivity index (χ1v) is 11.3.